The van der Waals surface area contributed by atoms with Gasteiger partial charge in [0, 0.05) is 11.3 Å². The summed E-state index contributed by atoms with van der Waals surface area (Å²) in [6, 6.07) is 11.8. The minimum Gasteiger partial charge on any atom is -0.479 e. The standard InChI is InChI=1S/C19H20FNO4/c1-12(2)24-19(23)13(3)25-17-10-4-14(5-11-17)18(22)21-16-8-6-15(20)7-9-16/h4-13H,1-3H3,(H,21,22). The van der Waals surface area contributed by atoms with Gasteiger partial charge in [-0.25, -0.2) is 9.18 Å². The van der Waals surface area contributed by atoms with Crippen molar-refractivity contribution in [2.45, 2.75) is 33.0 Å². The number of hydrogen-bond donors (Lipinski definition) is 1. The van der Waals surface area contributed by atoms with E-state index in [9.17, 15) is 14.0 Å². The monoisotopic (exact) mass is 345 g/mol. The van der Waals surface area contributed by atoms with Gasteiger partial charge in [0.05, 0.1) is 6.10 Å². The first-order valence-corrected chi connectivity index (χ1v) is 7.89. The van der Waals surface area contributed by atoms with Crippen LogP contribution in [0.3, 0.4) is 0 Å². The number of amides is 1. The molecule has 2 rings (SSSR count). The van der Waals surface area contributed by atoms with E-state index in [1.807, 2.05) is 0 Å². The van der Waals surface area contributed by atoms with Crippen LogP contribution in [0.2, 0.25) is 0 Å². The molecule has 0 aromatic heterocycles. The number of rotatable bonds is 6. The molecule has 0 aliphatic rings. The van der Waals surface area contributed by atoms with Gasteiger partial charge < -0.3 is 14.8 Å². The van der Waals surface area contributed by atoms with Crippen molar-refractivity contribution in [2.75, 3.05) is 5.32 Å². The van der Waals surface area contributed by atoms with Crippen LogP contribution in [0.5, 0.6) is 5.75 Å². The summed E-state index contributed by atoms with van der Waals surface area (Å²) in [4.78, 5) is 23.9. The lowest BCUT2D eigenvalue weighted by Crippen LogP contribution is -2.28. The lowest BCUT2D eigenvalue weighted by molar-refractivity contribution is -0.154. The number of carbonyl (C=O) groups is 2. The van der Waals surface area contributed by atoms with Crippen LogP contribution in [0.1, 0.15) is 31.1 Å². The van der Waals surface area contributed by atoms with Crippen LogP contribution in [-0.2, 0) is 9.53 Å². The van der Waals surface area contributed by atoms with Gasteiger partial charge in [0.2, 0.25) is 0 Å². The summed E-state index contributed by atoms with van der Waals surface area (Å²) in [5.74, 6) is -0.699. The van der Waals surface area contributed by atoms with Crippen LogP contribution in [0.15, 0.2) is 48.5 Å². The van der Waals surface area contributed by atoms with Crippen molar-refractivity contribution in [1.82, 2.24) is 0 Å². The average Bonchev–Trinajstić information content (AvgIpc) is 2.57. The number of halogens is 1. The number of benzene rings is 2. The molecule has 0 heterocycles. The predicted molar refractivity (Wildman–Crippen MR) is 92.1 cm³/mol. The Morgan fingerprint density at radius 3 is 2.12 bits per heavy atom. The zero-order valence-corrected chi connectivity index (χ0v) is 14.3. The highest BCUT2D eigenvalue weighted by Crippen LogP contribution is 2.16. The molecule has 0 spiro atoms. The molecule has 0 saturated carbocycles. The second-order valence-electron chi connectivity index (χ2n) is 5.73. The molecule has 0 radical (unpaired) electrons. The first-order chi connectivity index (χ1) is 11.8. The van der Waals surface area contributed by atoms with Crippen molar-refractivity contribution >= 4 is 17.6 Å². The quantitative estimate of drug-likeness (QED) is 0.809. The Morgan fingerprint density at radius 1 is 0.960 bits per heavy atom. The van der Waals surface area contributed by atoms with E-state index in [0.717, 1.165) is 0 Å². The third-order valence-corrected chi connectivity index (χ3v) is 3.22. The Hall–Kier alpha value is -2.89. The molecule has 25 heavy (non-hydrogen) atoms. The first-order valence-electron chi connectivity index (χ1n) is 7.89. The molecular formula is C19H20FNO4. The van der Waals surface area contributed by atoms with E-state index < -0.39 is 12.1 Å². The van der Waals surface area contributed by atoms with Crippen LogP contribution in [-0.4, -0.2) is 24.1 Å². The molecule has 2 aromatic rings. The largest absolute Gasteiger partial charge is 0.479 e. The molecule has 6 heteroatoms. The predicted octanol–water partition coefficient (Wildman–Crippen LogP) is 3.80. The summed E-state index contributed by atoms with van der Waals surface area (Å²) < 4.78 is 23.4. The van der Waals surface area contributed by atoms with Gasteiger partial charge in [-0.3, -0.25) is 4.79 Å². The fraction of sp³-hybridized carbons (Fsp3) is 0.263. The second-order valence-corrected chi connectivity index (χ2v) is 5.73. The number of nitrogens with one attached hydrogen (secondary N) is 1. The molecule has 2 aromatic carbocycles. The smallest absolute Gasteiger partial charge is 0.347 e. The van der Waals surface area contributed by atoms with Crippen LogP contribution in [0.4, 0.5) is 10.1 Å². The fourth-order valence-corrected chi connectivity index (χ4v) is 2.00. The highest BCUT2D eigenvalue weighted by atomic mass is 19.1. The third kappa shape index (κ3) is 5.60. The van der Waals surface area contributed by atoms with Gasteiger partial charge in [0.1, 0.15) is 11.6 Å². The van der Waals surface area contributed by atoms with Gasteiger partial charge in [0.15, 0.2) is 6.10 Å². The number of esters is 1. The molecule has 1 unspecified atom stereocenters. The van der Waals surface area contributed by atoms with Crippen molar-refractivity contribution in [3.05, 3.63) is 59.9 Å². The first kappa shape index (κ1) is 18.4. The highest BCUT2D eigenvalue weighted by molar-refractivity contribution is 6.04. The zero-order valence-electron chi connectivity index (χ0n) is 14.3. The summed E-state index contributed by atoms with van der Waals surface area (Å²) in [6.45, 7) is 5.12. The lowest BCUT2D eigenvalue weighted by Gasteiger charge is -2.16. The summed E-state index contributed by atoms with van der Waals surface area (Å²) >= 11 is 0. The Balaban J connectivity index is 1.95. The van der Waals surface area contributed by atoms with E-state index >= 15 is 0 Å². The molecule has 0 aliphatic carbocycles. The SMILES string of the molecule is CC(C)OC(=O)C(C)Oc1ccc(C(=O)Nc2ccc(F)cc2)cc1. The average molecular weight is 345 g/mol. The van der Waals surface area contributed by atoms with Gasteiger partial charge in [-0.15, -0.1) is 0 Å². The topological polar surface area (TPSA) is 64.6 Å². The van der Waals surface area contributed by atoms with Crippen LogP contribution < -0.4 is 10.1 Å². The Labute approximate surface area is 145 Å². The number of anilines is 1. The lowest BCUT2D eigenvalue weighted by atomic mass is 10.2. The highest BCUT2D eigenvalue weighted by Gasteiger charge is 2.17. The van der Waals surface area contributed by atoms with Crippen molar-refractivity contribution in [1.29, 1.82) is 0 Å². The minimum atomic E-state index is -0.749. The molecule has 0 saturated heterocycles. The molecule has 0 bridgehead atoms. The Kier molecular flexibility index (Phi) is 6.11. The van der Waals surface area contributed by atoms with E-state index in [1.54, 1.807) is 45.0 Å². The van der Waals surface area contributed by atoms with Crippen molar-refractivity contribution < 1.29 is 23.5 Å². The molecule has 5 nitrogen and oxygen atoms in total. The van der Waals surface area contributed by atoms with E-state index in [1.165, 1.54) is 24.3 Å². The van der Waals surface area contributed by atoms with Gasteiger partial charge in [-0.05, 0) is 69.3 Å². The van der Waals surface area contributed by atoms with Gasteiger partial charge in [0.25, 0.3) is 5.91 Å². The van der Waals surface area contributed by atoms with Gasteiger partial charge in [-0.1, -0.05) is 0 Å². The van der Waals surface area contributed by atoms with E-state index in [4.69, 9.17) is 9.47 Å². The van der Waals surface area contributed by atoms with Crippen molar-refractivity contribution in [3.8, 4) is 5.75 Å². The summed E-state index contributed by atoms with van der Waals surface area (Å²) in [7, 11) is 0. The number of hydrogen-bond acceptors (Lipinski definition) is 4. The molecule has 1 N–H and O–H groups in total. The maximum atomic E-state index is 12.9. The van der Waals surface area contributed by atoms with Crippen LogP contribution in [0, 0.1) is 5.82 Å². The maximum absolute atomic E-state index is 12.9. The molecule has 1 amide bonds. The Bertz CT molecular complexity index is 726. The zero-order chi connectivity index (χ0) is 18.4. The summed E-state index contributed by atoms with van der Waals surface area (Å²) in [5, 5.41) is 2.66. The van der Waals surface area contributed by atoms with Gasteiger partial charge >= 0.3 is 5.97 Å². The molecular weight excluding hydrogens is 325 g/mol. The van der Waals surface area contributed by atoms with Crippen LogP contribution in [0.25, 0.3) is 0 Å². The van der Waals surface area contributed by atoms with Crippen molar-refractivity contribution in [2.24, 2.45) is 0 Å². The molecule has 1 atom stereocenters. The summed E-state index contributed by atoms with van der Waals surface area (Å²) in [5.41, 5.74) is 0.908. The fourth-order valence-electron chi connectivity index (χ4n) is 2.00. The van der Waals surface area contributed by atoms with Gasteiger partial charge in [-0.2, -0.15) is 0 Å². The second kappa shape index (κ2) is 8.28. The number of ether oxygens (including phenoxy) is 2. The molecule has 0 fully saturated rings. The van der Waals surface area contributed by atoms with Crippen LogP contribution >= 0.6 is 0 Å². The van der Waals surface area contributed by atoms with E-state index in [-0.39, 0.29) is 17.8 Å². The molecule has 0 aliphatic heterocycles. The van der Waals surface area contributed by atoms with Crippen molar-refractivity contribution in [3.63, 3.8) is 0 Å². The minimum absolute atomic E-state index is 0.212. The summed E-state index contributed by atoms with van der Waals surface area (Å²) in [6.07, 6.45) is -0.961. The maximum Gasteiger partial charge on any atom is 0.347 e. The normalized spacial score (nSPS) is 11.7. The molecule has 132 valence electrons. The number of carbonyl (C=O) groups excluding carboxylic acids is 2. The third-order valence-electron chi connectivity index (χ3n) is 3.22. The van der Waals surface area contributed by atoms with E-state index in [0.29, 0.717) is 17.0 Å². The van der Waals surface area contributed by atoms with E-state index in [2.05, 4.69) is 5.32 Å². The Morgan fingerprint density at radius 2 is 1.56 bits per heavy atom.